The van der Waals surface area contributed by atoms with Gasteiger partial charge < -0.3 is 0 Å². The SMILES string of the molecule is CC(C)(C)c1cc(C2CC2)nc(C(C)(C)C)c1. The van der Waals surface area contributed by atoms with Gasteiger partial charge >= 0.3 is 0 Å². The number of aromatic nitrogens is 1. The highest BCUT2D eigenvalue weighted by Crippen LogP contribution is 2.41. The van der Waals surface area contributed by atoms with Gasteiger partial charge in [-0.1, -0.05) is 41.5 Å². The van der Waals surface area contributed by atoms with Crippen LogP contribution in [0.5, 0.6) is 0 Å². The Kier molecular flexibility index (Phi) is 2.84. The first-order valence-electron chi connectivity index (χ1n) is 6.71. The van der Waals surface area contributed by atoms with Gasteiger partial charge in [0.25, 0.3) is 0 Å². The van der Waals surface area contributed by atoms with E-state index in [0.717, 1.165) is 5.92 Å². The van der Waals surface area contributed by atoms with E-state index < -0.39 is 0 Å². The van der Waals surface area contributed by atoms with Crippen LogP contribution < -0.4 is 0 Å². The predicted molar refractivity (Wildman–Crippen MR) is 73.6 cm³/mol. The maximum atomic E-state index is 4.88. The number of nitrogens with zero attached hydrogens (tertiary/aromatic N) is 1. The number of rotatable bonds is 1. The van der Waals surface area contributed by atoms with Crippen molar-refractivity contribution >= 4 is 0 Å². The summed E-state index contributed by atoms with van der Waals surface area (Å²) >= 11 is 0. The third-order valence-electron chi connectivity index (χ3n) is 3.48. The van der Waals surface area contributed by atoms with E-state index in [1.54, 1.807) is 0 Å². The zero-order valence-electron chi connectivity index (χ0n) is 12.1. The maximum Gasteiger partial charge on any atom is 0.0463 e. The van der Waals surface area contributed by atoms with Gasteiger partial charge in [0.2, 0.25) is 0 Å². The molecule has 0 atom stereocenters. The van der Waals surface area contributed by atoms with Crippen molar-refractivity contribution < 1.29 is 0 Å². The molecule has 1 aromatic heterocycles. The number of hydrogen-bond acceptors (Lipinski definition) is 1. The molecule has 94 valence electrons. The maximum absolute atomic E-state index is 4.88. The van der Waals surface area contributed by atoms with Crippen LogP contribution in [0, 0.1) is 0 Å². The van der Waals surface area contributed by atoms with Crippen LogP contribution in [0.25, 0.3) is 0 Å². The molecule has 0 saturated heterocycles. The molecule has 1 aliphatic rings. The summed E-state index contributed by atoms with van der Waals surface area (Å²) in [4.78, 5) is 4.88. The minimum Gasteiger partial charge on any atom is -0.257 e. The molecule has 0 bridgehead atoms. The molecule has 0 spiro atoms. The molecule has 1 aliphatic carbocycles. The minimum atomic E-state index is 0.144. The van der Waals surface area contributed by atoms with Crippen LogP contribution in [0.4, 0.5) is 0 Å². The Hall–Kier alpha value is -0.850. The van der Waals surface area contributed by atoms with Gasteiger partial charge in [0.1, 0.15) is 0 Å². The van der Waals surface area contributed by atoms with E-state index in [0.29, 0.717) is 0 Å². The number of hydrogen-bond donors (Lipinski definition) is 0. The van der Waals surface area contributed by atoms with Crippen molar-refractivity contribution in [1.29, 1.82) is 0 Å². The summed E-state index contributed by atoms with van der Waals surface area (Å²) in [6, 6.07) is 4.62. The van der Waals surface area contributed by atoms with Crippen LogP contribution in [0.3, 0.4) is 0 Å². The van der Waals surface area contributed by atoms with Crippen molar-refractivity contribution in [1.82, 2.24) is 4.98 Å². The van der Waals surface area contributed by atoms with E-state index in [4.69, 9.17) is 4.98 Å². The second kappa shape index (κ2) is 3.83. The highest BCUT2D eigenvalue weighted by Gasteiger charge is 2.29. The standard InChI is InChI=1S/C16H25N/c1-15(2,3)12-9-13(11-7-8-11)17-14(10-12)16(4,5)6/h9-11H,7-8H2,1-6H3. The van der Waals surface area contributed by atoms with Crippen molar-refractivity contribution in [2.24, 2.45) is 0 Å². The highest BCUT2D eigenvalue weighted by molar-refractivity contribution is 5.32. The average Bonchev–Trinajstić information content (AvgIpc) is 2.97. The van der Waals surface area contributed by atoms with E-state index >= 15 is 0 Å². The summed E-state index contributed by atoms with van der Waals surface area (Å²) in [6.07, 6.45) is 2.65. The van der Waals surface area contributed by atoms with Crippen LogP contribution in [0.15, 0.2) is 12.1 Å². The molecule has 0 unspecified atom stereocenters. The topological polar surface area (TPSA) is 12.9 Å². The molecule has 0 N–H and O–H groups in total. The van der Waals surface area contributed by atoms with Gasteiger partial charge in [-0.15, -0.1) is 0 Å². The summed E-state index contributed by atoms with van der Waals surface area (Å²) < 4.78 is 0. The lowest BCUT2D eigenvalue weighted by Crippen LogP contribution is -2.19. The zero-order valence-corrected chi connectivity index (χ0v) is 12.1. The molecule has 1 fully saturated rings. The predicted octanol–water partition coefficient (Wildman–Crippen LogP) is 4.55. The fraction of sp³-hybridized carbons (Fsp3) is 0.688. The largest absolute Gasteiger partial charge is 0.257 e. The monoisotopic (exact) mass is 231 g/mol. The Bertz CT molecular complexity index is 382. The van der Waals surface area contributed by atoms with Gasteiger partial charge in [0.05, 0.1) is 0 Å². The second-order valence-electron chi connectivity index (χ2n) is 7.44. The first kappa shape index (κ1) is 12.6. The second-order valence-corrected chi connectivity index (χ2v) is 7.44. The summed E-state index contributed by atoms with van der Waals surface area (Å²) in [5.74, 6) is 0.735. The van der Waals surface area contributed by atoms with Crippen molar-refractivity contribution in [3.8, 4) is 0 Å². The Balaban J connectivity index is 2.50. The van der Waals surface area contributed by atoms with Crippen LogP contribution in [-0.4, -0.2) is 4.98 Å². The molecule has 1 saturated carbocycles. The molecule has 1 nitrogen and oxygen atoms in total. The van der Waals surface area contributed by atoms with Crippen LogP contribution in [0.1, 0.15) is 77.3 Å². The summed E-state index contributed by atoms with van der Waals surface area (Å²) in [7, 11) is 0. The quantitative estimate of drug-likeness (QED) is 0.690. The zero-order chi connectivity index (χ0) is 12.8. The third kappa shape index (κ3) is 2.88. The van der Waals surface area contributed by atoms with Crippen molar-refractivity contribution in [2.75, 3.05) is 0 Å². The van der Waals surface area contributed by atoms with Gasteiger partial charge in [-0.05, 0) is 36.0 Å². The summed E-state index contributed by atoms with van der Waals surface area (Å²) in [5, 5.41) is 0. The van der Waals surface area contributed by atoms with Crippen molar-refractivity contribution in [2.45, 2.75) is 71.1 Å². The first-order chi connectivity index (χ1) is 7.68. The Morgan fingerprint density at radius 3 is 1.94 bits per heavy atom. The van der Waals surface area contributed by atoms with Gasteiger partial charge in [0, 0.05) is 22.7 Å². The average molecular weight is 231 g/mol. The van der Waals surface area contributed by atoms with E-state index in [9.17, 15) is 0 Å². The van der Waals surface area contributed by atoms with Crippen LogP contribution >= 0.6 is 0 Å². The molecule has 1 heterocycles. The molecule has 1 heteroatoms. The van der Waals surface area contributed by atoms with Gasteiger partial charge in [-0.25, -0.2) is 0 Å². The molecule has 0 radical (unpaired) electrons. The van der Waals surface area contributed by atoms with E-state index in [2.05, 4.69) is 53.7 Å². The Labute approximate surface area is 106 Å². The lowest BCUT2D eigenvalue weighted by atomic mass is 9.83. The normalized spacial score (nSPS) is 17.3. The fourth-order valence-corrected chi connectivity index (χ4v) is 1.96. The molecule has 0 aliphatic heterocycles. The molecule has 1 aromatic rings. The molecular formula is C16H25N. The molecule has 17 heavy (non-hydrogen) atoms. The Morgan fingerprint density at radius 1 is 0.941 bits per heavy atom. The van der Waals surface area contributed by atoms with Gasteiger partial charge in [0.15, 0.2) is 0 Å². The van der Waals surface area contributed by atoms with Crippen LogP contribution in [0.2, 0.25) is 0 Å². The smallest absolute Gasteiger partial charge is 0.0463 e. The number of pyridine rings is 1. The molecule has 2 rings (SSSR count). The first-order valence-corrected chi connectivity index (χ1v) is 6.71. The lowest BCUT2D eigenvalue weighted by molar-refractivity contribution is 0.548. The summed E-state index contributed by atoms with van der Waals surface area (Å²) in [5.41, 5.74) is 4.35. The molecular weight excluding hydrogens is 206 g/mol. The molecule has 0 amide bonds. The van der Waals surface area contributed by atoms with E-state index in [-0.39, 0.29) is 10.8 Å². The van der Waals surface area contributed by atoms with Crippen LogP contribution in [-0.2, 0) is 10.8 Å². The summed E-state index contributed by atoms with van der Waals surface area (Å²) in [6.45, 7) is 13.6. The lowest BCUT2D eigenvalue weighted by Gasteiger charge is -2.25. The highest BCUT2D eigenvalue weighted by atomic mass is 14.8. The fourth-order valence-electron chi connectivity index (χ4n) is 1.96. The van der Waals surface area contributed by atoms with Crippen molar-refractivity contribution in [3.63, 3.8) is 0 Å². The van der Waals surface area contributed by atoms with Crippen molar-refractivity contribution in [3.05, 3.63) is 29.1 Å². The van der Waals surface area contributed by atoms with E-state index in [1.807, 2.05) is 0 Å². The Morgan fingerprint density at radius 2 is 1.53 bits per heavy atom. The van der Waals surface area contributed by atoms with Gasteiger partial charge in [-0.3, -0.25) is 4.98 Å². The minimum absolute atomic E-state index is 0.144. The van der Waals surface area contributed by atoms with E-state index in [1.165, 1.54) is 29.8 Å². The molecule has 0 aromatic carbocycles. The van der Waals surface area contributed by atoms with Gasteiger partial charge in [-0.2, -0.15) is 0 Å². The third-order valence-corrected chi connectivity index (χ3v) is 3.48.